The molecule has 1 aliphatic rings. The van der Waals surface area contributed by atoms with E-state index in [0.717, 1.165) is 11.1 Å². The van der Waals surface area contributed by atoms with Crippen molar-refractivity contribution in [3.63, 3.8) is 0 Å². The van der Waals surface area contributed by atoms with Crippen LogP contribution in [0.4, 0.5) is 4.39 Å². The molecule has 1 heterocycles. The highest BCUT2D eigenvalue weighted by Crippen LogP contribution is 2.28. The molecule has 0 spiro atoms. The Bertz CT molecular complexity index is 893. The molecule has 1 aliphatic heterocycles. The van der Waals surface area contributed by atoms with Gasteiger partial charge in [0.1, 0.15) is 5.82 Å². The van der Waals surface area contributed by atoms with E-state index in [4.69, 9.17) is 9.47 Å². The fraction of sp³-hybridized carbons (Fsp3) is 0.417. The summed E-state index contributed by atoms with van der Waals surface area (Å²) in [4.78, 5) is 28.7. The Kier molecular flexibility index (Phi) is 7.87. The van der Waals surface area contributed by atoms with Crippen LogP contribution in [0.5, 0.6) is 11.5 Å². The molecule has 3 rings (SSSR count). The van der Waals surface area contributed by atoms with Crippen molar-refractivity contribution in [2.75, 3.05) is 39.9 Å². The van der Waals surface area contributed by atoms with Crippen LogP contribution in [-0.4, -0.2) is 61.5 Å². The molecule has 2 amide bonds. The van der Waals surface area contributed by atoms with Crippen LogP contribution < -0.4 is 9.47 Å². The van der Waals surface area contributed by atoms with Crippen molar-refractivity contribution in [1.82, 2.24) is 9.80 Å². The summed E-state index contributed by atoms with van der Waals surface area (Å²) in [6.45, 7) is 4.57. The van der Waals surface area contributed by atoms with Gasteiger partial charge in [-0.25, -0.2) is 4.39 Å². The fourth-order valence-electron chi connectivity index (χ4n) is 3.65. The van der Waals surface area contributed by atoms with Crippen LogP contribution in [0.15, 0.2) is 42.5 Å². The van der Waals surface area contributed by atoms with Crippen LogP contribution in [-0.2, 0) is 22.4 Å². The molecule has 1 fully saturated rings. The van der Waals surface area contributed by atoms with Gasteiger partial charge in [0.2, 0.25) is 11.8 Å². The summed E-state index contributed by atoms with van der Waals surface area (Å²) in [5.74, 6) is 1.13. The lowest BCUT2D eigenvalue weighted by Crippen LogP contribution is -2.51. The maximum absolute atomic E-state index is 13.0. The van der Waals surface area contributed by atoms with Crippen molar-refractivity contribution in [3.8, 4) is 11.5 Å². The Labute approximate surface area is 182 Å². The molecule has 0 radical (unpaired) electrons. The van der Waals surface area contributed by atoms with E-state index in [9.17, 15) is 14.0 Å². The molecule has 0 saturated carbocycles. The number of methoxy groups -OCH3 is 1. The Morgan fingerprint density at radius 1 is 0.903 bits per heavy atom. The molecule has 0 N–H and O–H groups in total. The number of hydrogen-bond donors (Lipinski definition) is 0. The maximum Gasteiger partial charge on any atom is 0.227 e. The van der Waals surface area contributed by atoms with Crippen molar-refractivity contribution in [2.24, 2.45) is 0 Å². The summed E-state index contributed by atoms with van der Waals surface area (Å²) < 4.78 is 23.9. The zero-order valence-corrected chi connectivity index (χ0v) is 18.1. The molecule has 0 bridgehead atoms. The van der Waals surface area contributed by atoms with Gasteiger partial charge in [-0.3, -0.25) is 9.59 Å². The molecule has 0 aliphatic carbocycles. The van der Waals surface area contributed by atoms with E-state index in [0.29, 0.717) is 57.1 Å². The first-order chi connectivity index (χ1) is 15.0. The summed E-state index contributed by atoms with van der Waals surface area (Å²) in [6, 6.07) is 11.7. The second-order valence-corrected chi connectivity index (χ2v) is 7.48. The topological polar surface area (TPSA) is 59.1 Å². The quantitative estimate of drug-likeness (QED) is 0.648. The largest absolute Gasteiger partial charge is 0.493 e. The highest BCUT2D eigenvalue weighted by Gasteiger charge is 2.24. The molecule has 1 saturated heterocycles. The molecule has 6 nitrogen and oxygen atoms in total. The lowest BCUT2D eigenvalue weighted by atomic mass is 10.1. The van der Waals surface area contributed by atoms with Crippen molar-refractivity contribution >= 4 is 11.8 Å². The number of carbonyl (C=O) groups excluding carboxylic acids is 2. The molecule has 0 aromatic heterocycles. The second-order valence-electron chi connectivity index (χ2n) is 7.48. The molecule has 2 aromatic rings. The lowest BCUT2D eigenvalue weighted by Gasteiger charge is -2.35. The smallest absolute Gasteiger partial charge is 0.227 e. The van der Waals surface area contributed by atoms with E-state index in [1.165, 1.54) is 12.1 Å². The normalized spacial score (nSPS) is 13.8. The monoisotopic (exact) mass is 428 g/mol. The zero-order chi connectivity index (χ0) is 22.2. The van der Waals surface area contributed by atoms with Crippen LogP contribution in [0.2, 0.25) is 0 Å². The first kappa shape index (κ1) is 22.6. The van der Waals surface area contributed by atoms with Crippen LogP contribution in [0.1, 0.15) is 24.5 Å². The van der Waals surface area contributed by atoms with E-state index in [1.54, 1.807) is 24.1 Å². The van der Waals surface area contributed by atoms with Crippen LogP contribution >= 0.6 is 0 Å². The number of halogens is 1. The first-order valence-corrected chi connectivity index (χ1v) is 10.6. The van der Waals surface area contributed by atoms with Gasteiger partial charge in [-0.05, 0) is 48.7 Å². The van der Waals surface area contributed by atoms with Crippen molar-refractivity contribution in [2.45, 2.75) is 26.2 Å². The minimum Gasteiger partial charge on any atom is -0.493 e. The van der Waals surface area contributed by atoms with Gasteiger partial charge in [-0.1, -0.05) is 18.2 Å². The van der Waals surface area contributed by atoms with E-state index in [-0.39, 0.29) is 24.1 Å². The van der Waals surface area contributed by atoms with Crippen LogP contribution in [0.25, 0.3) is 0 Å². The van der Waals surface area contributed by atoms with Gasteiger partial charge in [0, 0.05) is 32.6 Å². The minimum atomic E-state index is -0.313. The third-order valence-electron chi connectivity index (χ3n) is 5.41. The summed E-state index contributed by atoms with van der Waals surface area (Å²) in [5, 5.41) is 0. The Morgan fingerprint density at radius 2 is 1.52 bits per heavy atom. The van der Waals surface area contributed by atoms with Gasteiger partial charge < -0.3 is 19.3 Å². The average Bonchev–Trinajstić information content (AvgIpc) is 2.80. The number of nitrogens with zero attached hydrogens (tertiary/aromatic N) is 2. The van der Waals surface area contributed by atoms with E-state index < -0.39 is 0 Å². The Balaban J connectivity index is 1.45. The van der Waals surface area contributed by atoms with E-state index in [1.807, 2.05) is 30.0 Å². The molecule has 0 unspecified atom stereocenters. The summed E-state index contributed by atoms with van der Waals surface area (Å²) >= 11 is 0. The van der Waals surface area contributed by atoms with Crippen LogP contribution in [0.3, 0.4) is 0 Å². The number of amides is 2. The highest BCUT2D eigenvalue weighted by molar-refractivity contribution is 5.80. The number of ether oxygens (including phenoxy) is 2. The van der Waals surface area contributed by atoms with Gasteiger partial charge in [-0.15, -0.1) is 0 Å². The van der Waals surface area contributed by atoms with Crippen molar-refractivity contribution < 1.29 is 23.5 Å². The molecular weight excluding hydrogens is 399 g/mol. The molecule has 0 atom stereocenters. The predicted molar refractivity (Wildman–Crippen MR) is 116 cm³/mol. The fourth-order valence-corrected chi connectivity index (χ4v) is 3.65. The van der Waals surface area contributed by atoms with Gasteiger partial charge in [0.15, 0.2) is 11.5 Å². The molecular formula is C24H29FN2O4. The van der Waals surface area contributed by atoms with Gasteiger partial charge in [0.25, 0.3) is 0 Å². The number of rotatable bonds is 8. The van der Waals surface area contributed by atoms with Crippen molar-refractivity contribution in [3.05, 3.63) is 59.4 Å². The van der Waals surface area contributed by atoms with Gasteiger partial charge in [0.05, 0.1) is 20.1 Å². The van der Waals surface area contributed by atoms with Crippen molar-refractivity contribution in [1.29, 1.82) is 0 Å². The standard InChI is InChI=1S/C24H29FN2O4/c1-3-31-21-10-6-18(16-22(21)30-2)7-11-23(28)26-12-14-27(15-13-26)24(29)17-19-4-8-20(25)9-5-19/h4-6,8-10,16H,3,7,11-15,17H2,1-2H3. The highest BCUT2D eigenvalue weighted by atomic mass is 19.1. The third-order valence-corrected chi connectivity index (χ3v) is 5.41. The molecule has 166 valence electrons. The summed E-state index contributed by atoms with van der Waals surface area (Å²) in [6.07, 6.45) is 1.26. The van der Waals surface area contributed by atoms with Crippen LogP contribution in [0, 0.1) is 5.82 Å². The second kappa shape index (κ2) is 10.8. The van der Waals surface area contributed by atoms with E-state index in [2.05, 4.69) is 0 Å². The van der Waals surface area contributed by atoms with Gasteiger partial charge >= 0.3 is 0 Å². The zero-order valence-electron chi connectivity index (χ0n) is 18.1. The first-order valence-electron chi connectivity index (χ1n) is 10.6. The molecule has 2 aromatic carbocycles. The maximum atomic E-state index is 13.0. The SMILES string of the molecule is CCOc1ccc(CCC(=O)N2CCN(C(=O)Cc3ccc(F)cc3)CC2)cc1OC. The number of piperazine rings is 1. The number of aryl methyl sites for hydroxylation is 1. The van der Waals surface area contributed by atoms with E-state index >= 15 is 0 Å². The Morgan fingerprint density at radius 3 is 2.13 bits per heavy atom. The predicted octanol–water partition coefficient (Wildman–Crippen LogP) is 3.08. The summed E-state index contributed by atoms with van der Waals surface area (Å²) in [7, 11) is 1.60. The van der Waals surface area contributed by atoms with Gasteiger partial charge in [-0.2, -0.15) is 0 Å². The number of hydrogen-bond acceptors (Lipinski definition) is 4. The minimum absolute atomic E-state index is 0.000176. The molecule has 7 heteroatoms. The number of carbonyl (C=O) groups is 2. The lowest BCUT2D eigenvalue weighted by molar-refractivity contribution is -0.139. The summed E-state index contributed by atoms with van der Waals surface area (Å²) in [5.41, 5.74) is 1.80. The number of benzene rings is 2. The average molecular weight is 429 g/mol. The molecule has 31 heavy (non-hydrogen) atoms. The Hall–Kier alpha value is -3.09. The third kappa shape index (κ3) is 6.20.